The third kappa shape index (κ3) is 1.14. The van der Waals surface area contributed by atoms with Gasteiger partial charge in [0.25, 0.3) is 0 Å². The van der Waals surface area contributed by atoms with Gasteiger partial charge in [-0.05, 0) is 36.4 Å². The quantitative estimate of drug-likeness (QED) is 0.542. The Morgan fingerprint density at radius 1 is 0.812 bits per heavy atom. The van der Waals surface area contributed by atoms with Crippen LogP contribution in [-0.4, -0.2) is 4.57 Å². The molecule has 0 amide bonds. The van der Waals surface area contributed by atoms with Gasteiger partial charge in [-0.1, -0.05) is 0 Å². The molecule has 3 heteroatoms. The molecule has 16 heavy (non-hydrogen) atoms. The van der Waals surface area contributed by atoms with Crippen molar-refractivity contribution in [1.29, 1.82) is 0 Å². The van der Waals surface area contributed by atoms with E-state index >= 15 is 0 Å². The van der Waals surface area contributed by atoms with Gasteiger partial charge >= 0.3 is 0 Å². The molecule has 1 aromatic heterocycles. The highest BCUT2D eigenvalue weighted by Crippen LogP contribution is 2.28. The average molecular weight is 217 g/mol. The third-order valence-corrected chi connectivity index (χ3v) is 2.93. The smallest absolute Gasteiger partial charge is 0.123 e. The second-order valence-corrected chi connectivity index (χ2v) is 3.88. The molecule has 0 radical (unpaired) electrons. The molecule has 2 aromatic carbocycles. The number of hydrogen-bond donors (Lipinski definition) is 0. The van der Waals surface area contributed by atoms with E-state index in [2.05, 4.69) is 0 Å². The van der Waals surface area contributed by atoms with Gasteiger partial charge in [0.05, 0.1) is 0 Å². The Kier molecular flexibility index (Phi) is 1.78. The molecule has 80 valence electrons. The fourth-order valence-corrected chi connectivity index (χ4v) is 2.16. The molecule has 3 rings (SSSR count). The van der Waals surface area contributed by atoms with Crippen molar-refractivity contribution in [1.82, 2.24) is 4.57 Å². The summed E-state index contributed by atoms with van der Waals surface area (Å²) >= 11 is 0. The predicted molar refractivity (Wildman–Crippen MR) is 60.3 cm³/mol. The molecule has 0 spiro atoms. The Morgan fingerprint density at radius 2 is 1.25 bits per heavy atom. The van der Waals surface area contributed by atoms with Crippen LogP contribution in [0.15, 0.2) is 36.4 Å². The van der Waals surface area contributed by atoms with Crippen LogP contribution in [0.2, 0.25) is 0 Å². The Balaban J connectivity index is 2.60. The number of aryl methyl sites for hydroxylation is 1. The summed E-state index contributed by atoms with van der Waals surface area (Å²) in [5, 5.41) is 1.49. The average Bonchev–Trinajstić information content (AvgIpc) is 2.52. The standard InChI is InChI=1S/C13H9F2N/c1-16-12-4-2-8(14)6-10(12)11-7-9(15)3-5-13(11)16/h2-7H,1H3. The van der Waals surface area contributed by atoms with Gasteiger partial charge in [-0.2, -0.15) is 0 Å². The first-order valence-electron chi connectivity index (χ1n) is 5.00. The van der Waals surface area contributed by atoms with Gasteiger partial charge < -0.3 is 4.57 Å². The lowest BCUT2D eigenvalue weighted by atomic mass is 10.1. The summed E-state index contributed by atoms with van der Waals surface area (Å²) in [7, 11) is 1.89. The summed E-state index contributed by atoms with van der Waals surface area (Å²) in [6.45, 7) is 0. The number of rotatable bonds is 0. The fourth-order valence-electron chi connectivity index (χ4n) is 2.16. The van der Waals surface area contributed by atoms with E-state index in [1.165, 1.54) is 24.3 Å². The fraction of sp³-hybridized carbons (Fsp3) is 0.0769. The minimum atomic E-state index is -0.302. The number of aromatic nitrogens is 1. The van der Waals surface area contributed by atoms with E-state index in [1.807, 2.05) is 11.6 Å². The zero-order valence-corrected chi connectivity index (χ0v) is 8.67. The lowest BCUT2D eigenvalue weighted by molar-refractivity contribution is 0.628. The number of benzene rings is 2. The predicted octanol–water partition coefficient (Wildman–Crippen LogP) is 3.61. The molecule has 0 aliphatic rings. The second-order valence-electron chi connectivity index (χ2n) is 3.88. The first kappa shape index (κ1) is 9.33. The van der Waals surface area contributed by atoms with E-state index in [1.54, 1.807) is 12.1 Å². The normalized spacial score (nSPS) is 11.4. The molecule has 0 unspecified atom stereocenters. The second kappa shape index (κ2) is 3.04. The van der Waals surface area contributed by atoms with Crippen LogP contribution in [0, 0.1) is 11.6 Å². The van der Waals surface area contributed by atoms with Crippen LogP contribution in [0.1, 0.15) is 0 Å². The summed E-state index contributed by atoms with van der Waals surface area (Å²) in [4.78, 5) is 0. The minimum Gasteiger partial charge on any atom is -0.344 e. The lowest BCUT2D eigenvalue weighted by Crippen LogP contribution is -1.86. The number of nitrogens with zero attached hydrogens (tertiary/aromatic N) is 1. The van der Waals surface area contributed by atoms with Crippen LogP contribution in [0.3, 0.4) is 0 Å². The SMILES string of the molecule is Cn1c2ccc(F)cc2c2cc(F)ccc21. The van der Waals surface area contributed by atoms with Crippen LogP contribution in [0.5, 0.6) is 0 Å². The first-order chi connectivity index (χ1) is 7.66. The van der Waals surface area contributed by atoms with E-state index in [9.17, 15) is 8.78 Å². The van der Waals surface area contributed by atoms with E-state index in [4.69, 9.17) is 0 Å². The van der Waals surface area contributed by atoms with Crippen LogP contribution in [-0.2, 0) is 7.05 Å². The molecule has 0 fully saturated rings. The van der Waals surface area contributed by atoms with Gasteiger partial charge in [0.1, 0.15) is 11.6 Å². The molecule has 0 saturated heterocycles. The topological polar surface area (TPSA) is 4.93 Å². The molecule has 0 atom stereocenters. The van der Waals surface area contributed by atoms with Crippen LogP contribution in [0.25, 0.3) is 21.8 Å². The Bertz CT molecular complexity index is 639. The van der Waals surface area contributed by atoms with Gasteiger partial charge in [-0.15, -0.1) is 0 Å². The highest BCUT2D eigenvalue weighted by atomic mass is 19.1. The van der Waals surface area contributed by atoms with Crippen molar-refractivity contribution >= 4 is 21.8 Å². The largest absolute Gasteiger partial charge is 0.344 e. The highest BCUT2D eigenvalue weighted by Gasteiger charge is 2.09. The van der Waals surface area contributed by atoms with E-state index in [0.29, 0.717) is 0 Å². The number of hydrogen-bond acceptors (Lipinski definition) is 0. The maximum atomic E-state index is 13.2. The molecule has 3 aromatic rings. The van der Waals surface area contributed by atoms with Gasteiger partial charge in [-0.3, -0.25) is 0 Å². The van der Waals surface area contributed by atoms with Crippen molar-refractivity contribution in [3.8, 4) is 0 Å². The van der Waals surface area contributed by atoms with Crippen molar-refractivity contribution in [2.45, 2.75) is 0 Å². The van der Waals surface area contributed by atoms with Crippen molar-refractivity contribution in [3.63, 3.8) is 0 Å². The minimum absolute atomic E-state index is 0.302. The molecule has 0 aliphatic heterocycles. The summed E-state index contributed by atoms with van der Waals surface area (Å²) in [5.74, 6) is -0.603. The van der Waals surface area contributed by atoms with Gasteiger partial charge in [0.15, 0.2) is 0 Å². The highest BCUT2D eigenvalue weighted by molar-refractivity contribution is 6.07. The van der Waals surface area contributed by atoms with Crippen molar-refractivity contribution in [2.24, 2.45) is 7.05 Å². The molecule has 1 nitrogen and oxygen atoms in total. The summed E-state index contributed by atoms with van der Waals surface area (Å²) in [6.07, 6.45) is 0. The molecule has 0 N–H and O–H groups in total. The van der Waals surface area contributed by atoms with Gasteiger partial charge in [-0.25, -0.2) is 8.78 Å². The third-order valence-electron chi connectivity index (χ3n) is 2.93. The lowest BCUT2D eigenvalue weighted by Gasteiger charge is -1.96. The maximum Gasteiger partial charge on any atom is 0.123 e. The van der Waals surface area contributed by atoms with E-state index in [-0.39, 0.29) is 11.6 Å². The van der Waals surface area contributed by atoms with Crippen molar-refractivity contribution in [3.05, 3.63) is 48.0 Å². The van der Waals surface area contributed by atoms with Crippen molar-refractivity contribution in [2.75, 3.05) is 0 Å². The Labute approximate surface area is 90.9 Å². The van der Waals surface area contributed by atoms with Crippen LogP contribution < -0.4 is 0 Å². The number of halogens is 2. The molecular weight excluding hydrogens is 208 g/mol. The molecule has 0 bridgehead atoms. The Hall–Kier alpha value is -1.90. The number of fused-ring (bicyclic) bond motifs is 3. The molecular formula is C13H9F2N. The maximum absolute atomic E-state index is 13.2. The first-order valence-corrected chi connectivity index (χ1v) is 5.00. The van der Waals surface area contributed by atoms with E-state index < -0.39 is 0 Å². The van der Waals surface area contributed by atoms with E-state index in [0.717, 1.165) is 21.8 Å². The molecule has 1 heterocycles. The molecule has 0 aliphatic carbocycles. The van der Waals surface area contributed by atoms with Gasteiger partial charge in [0, 0.05) is 28.9 Å². The van der Waals surface area contributed by atoms with Crippen molar-refractivity contribution < 1.29 is 8.78 Å². The zero-order chi connectivity index (χ0) is 11.3. The van der Waals surface area contributed by atoms with Crippen LogP contribution in [0.4, 0.5) is 8.78 Å². The summed E-state index contributed by atoms with van der Waals surface area (Å²) in [6, 6.07) is 9.13. The van der Waals surface area contributed by atoms with Crippen LogP contribution >= 0.6 is 0 Å². The molecule has 0 saturated carbocycles. The summed E-state index contributed by atoms with van der Waals surface area (Å²) in [5.41, 5.74) is 1.81. The Morgan fingerprint density at radius 3 is 1.69 bits per heavy atom. The van der Waals surface area contributed by atoms with Gasteiger partial charge in [0.2, 0.25) is 0 Å². The zero-order valence-electron chi connectivity index (χ0n) is 8.67. The monoisotopic (exact) mass is 217 g/mol. The summed E-state index contributed by atoms with van der Waals surface area (Å²) < 4.78 is 28.3.